The van der Waals surface area contributed by atoms with Crippen molar-refractivity contribution in [1.29, 1.82) is 0 Å². The van der Waals surface area contributed by atoms with Gasteiger partial charge in [-0.15, -0.1) is 0 Å². The molecule has 2 aromatic carbocycles. The van der Waals surface area contributed by atoms with E-state index in [4.69, 9.17) is 9.47 Å². The van der Waals surface area contributed by atoms with E-state index in [0.29, 0.717) is 0 Å². The first kappa shape index (κ1) is 18.0. The van der Waals surface area contributed by atoms with Crippen molar-refractivity contribution >= 4 is 28.7 Å². The van der Waals surface area contributed by atoms with Crippen LogP contribution in [0.3, 0.4) is 0 Å². The topological polar surface area (TPSA) is 64.6 Å². The lowest BCUT2D eigenvalue weighted by Crippen LogP contribution is -2.35. The highest BCUT2D eigenvalue weighted by Crippen LogP contribution is 2.22. The van der Waals surface area contributed by atoms with E-state index in [1.54, 1.807) is 13.2 Å². The molecule has 0 heterocycles. The van der Waals surface area contributed by atoms with Crippen LogP contribution in [0.4, 0.5) is 0 Å². The lowest BCUT2D eigenvalue weighted by atomic mass is 10.1. The smallest absolute Gasteiger partial charge is 0.331 e. The second kappa shape index (κ2) is 8.52. The molecule has 0 aliphatic heterocycles. The number of carbonyl (C=O) groups excluding carboxylic acids is 2. The summed E-state index contributed by atoms with van der Waals surface area (Å²) >= 11 is 0. The zero-order valence-electron chi connectivity index (χ0n) is 14.9. The number of amides is 1. The number of carbonyl (C=O) groups is 2. The summed E-state index contributed by atoms with van der Waals surface area (Å²) in [6.45, 7) is -0.239. The molecule has 1 saturated carbocycles. The monoisotopic (exact) mass is 353 g/mol. The van der Waals surface area contributed by atoms with E-state index in [1.807, 2.05) is 36.4 Å². The van der Waals surface area contributed by atoms with Crippen molar-refractivity contribution in [2.45, 2.75) is 31.7 Å². The van der Waals surface area contributed by atoms with Gasteiger partial charge in [-0.05, 0) is 53.5 Å². The lowest BCUT2D eigenvalue weighted by Gasteiger charge is -2.11. The Morgan fingerprint density at radius 3 is 2.62 bits per heavy atom. The maximum absolute atomic E-state index is 11.8. The summed E-state index contributed by atoms with van der Waals surface area (Å²) in [6.07, 6.45) is 7.33. The van der Waals surface area contributed by atoms with E-state index in [9.17, 15) is 9.59 Å². The summed E-state index contributed by atoms with van der Waals surface area (Å²) < 4.78 is 10.2. The van der Waals surface area contributed by atoms with Crippen LogP contribution in [0, 0.1) is 0 Å². The zero-order valence-corrected chi connectivity index (χ0v) is 14.9. The highest BCUT2D eigenvalue weighted by molar-refractivity contribution is 5.91. The first-order chi connectivity index (χ1) is 12.6. The molecular weight excluding hydrogens is 330 g/mol. The first-order valence-electron chi connectivity index (χ1n) is 8.86. The second-order valence-corrected chi connectivity index (χ2v) is 6.46. The fraction of sp³-hybridized carbons (Fsp3) is 0.333. The zero-order chi connectivity index (χ0) is 18.4. The Balaban J connectivity index is 1.52. The third-order valence-corrected chi connectivity index (χ3v) is 4.55. The Morgan fingerprint density at radius 2 is 1.85 bits per heavy atom. The van der Waals surface area contributed by atoms with Crippen LogP contribution in [-0.2, 0) is 14.3 Å². The lowest BCUT2D eigenvalue weighted by molar-refractivity contribution is -0.144. The minimum Gasteiger partial charge on any atom is -0.497 e. The van der Waals surface area contributed by atoms with Gasteiger partial charge < -0.3 is 14.8 Å². The molecular formula is C21H23NO4. The summed E-state index contributed by atoms with van der Waals surface area (Å²) in [4.78, 5) is 23.6. The Hall–Kier alpha value is -2.82. The van der Waals surface area contributed by atoms with Crippen molar-refractivity contribution in [3.63, 3.8) is 0 Å². The van der Waals surface area contributed by atoms with Gasteiger partial charge in [0.2, 0.25) is 0 Å². The van der Waals surface area contributed by atoms with Crippen molar-refractivity contribution in [1.82, 2.24) is 5.32 Å². The summed E-state index contributed by atoms with van der Waals surface area (Å²) in [7, 11) is 1.64. The molecule has 2 aromatic rings. The molecule has 5 heteroatoms. The van der Waals surface area contributed by atoms with Crippen LogP contribution < -0.4 is 10.1 Å². The van der Waals surface area contributed by atoms with Gasteiger partial charge in [-0.3, -0.25) is 4.79 Å². The van der Waals surface area contributed by atoms with Crippen LogP contribution >= 0.6 is 0 Å². The summed E-state index contributed by atoms with van der Waals surface area (Å²) in [6, 6.07) is 11.9. The van der Waals surface area contributed by atoms with Gasteiger partial charge in [-0.25, -0.2) is 4.79 Å². The molecule has 0 unspecified atom stereocenters. The highest BCUT2D eigenvalue weighted by Gasteiger charge is 2.17. The van der Waals surface area contributed by atoms with Gasteiger partial charge in [0.15, 0.2) is 6.61 Å². The molecule has 0 atom stereocenters. The van der Waals surface area contributed by atoms with Crippen LogP contribution in [0.2, 0.25) is 0 Å². The number of esters is 1. The quantitative estimate of drug-likeness (QED) is 0.638. The molecule has 0 bridgehead atoms. The molecule has 136 valence electrons. The van der Waals surface area contributed by atoms with Gasteiger partial charge in [0, 0.05) is 12.1 Å². The van der Waals surface area contributed by atoms with E-state index in [1.165, 1.54) is 6.08 Å². The largest absolute Gasteiger partial charge is 0.497 e. The van der Waals surface area contributed by atoms with Crippen molar-refractivity contribution in [3.05, 3.63) is 48.0 Å². The molecule has 1 N–H and O–H groups in total. The van der Waals surface area contributed by atoms with E-state index in [2.05, 4.69) is 5.32 Å². The molecule has 1 aliphatic rings. The van der Waals surface area contributed by atoms with E-state index >= 15 is 0 Å². The summed E-state index contributed by atoms with van der Waals surface area (Å²) in [5.74, 6) is 0.0416. The number of fused-ring (bicyclic) bond motifs is 1. The molecule has 0 aromatic heterocycles. The molecule has 5 nitrogen and oxygen atoms in total. The van der Waals surface area contributed by atoms with Gasteiger partial charge >= 0.3 is 5.97 Å². The standard InChI is InChI=1S/C21H23NO4/c1-25-19-10-9-16-12-15(6-8-17(16)13-19)7-11-21(24)26-14-20(23)22-18-4-2-3-5-18/h6-13,18H,2-5,14H2,1H3,(H,22,23)/b11-7+. The van der Waals surface area contributed by atoms with Crippen LogP contribution in [0.1, 0.15) is 31.2 Å². The number of hydrogen-bond acceptors (Lipinski definition) is 4. The van der Waals surface area contributed by atoms with E-state index in [-0.39, 0.29) is 18.6 Å². The van der Waals surface area contributed by atoms with Gasteiger partial charge in [-0.1, -0.05) is 31.0 Å². The molecule has 0 saturated heterocycles. The fourth-order valence-electron chi connectivity index (χ4n) is 3.16. The predicted octanol–water partition coefficient (Wildman–Crippen LogP) is 3.46. The SMILES string of the molecule is COc1ccc2cc(/C=C/C(=O)OCC(=O)NC3CCCC3)ccc2c1. The van der Waals surface area contributed by atoms with Crippen molar-refractivity contribution < 1.29 is 19.1 Å². The average molecular weight is 353 g/mol. The molecule has 26 heavy (non-hydrogen) atoms. The third kappa shape index (κ3) is 4.85. The number of rotatable bonds is 6. The van der Waals surface area contributed by atoms with Crippen LogP contribution in [0.5, 0.6) is 5.75 Å². The number of ether oxygens (including phenoxy) is 2. The maximum Gasteiger partial charge on any atom is 0.331 e. The molecule has 1 amide bonds. The molecule has 0 radical (unpaired) electrons. The second-order valence-electron chi connectivity index (χ2n) is 6.46. The van der Waals surface area contributed by atoms with Gasteiger partial charge in [0.1, 0.15) is 5.75 Å². The Morgan fingerprint density at radius 1 is 1.12 bits per heavy atom. The van der Waals surface area contributed by atoms with Crippen LogP contribution in [0.15, 0.2) is 42.5 Å². The average Bonchev–Trinajstić information content (AvgIpc) is 3.17. The molecule has 1 aliphatic carbocycles. The predicted molar refractivity (Wildman–Crippen MR) is 101 cm³/mol. The number of hydrogen-bond donors (Lipinski definition) is 1. The number of methoxy groups -OCH3 is 1. The van der Waals surface area contributed by atoms with Crippen molar-refractivity contribution in [2.24, 2.45) is 0 Å². The van der Waals surface area contributed by atoms with Gasteiger partial charge in [-0.2, -0.15) is 0 Å². The minimum atomic E-state index is -0.526. The van der Waals surface area contributed by atoms with E-state index in [0.717, 1.165) is 47.8 Å². The number of benzene rings is 2. The first-order valence-corrected chi connectivity index (χ1v) is 8.86. The summed E-state index contributed by atoms with van der Waals surface area (Å²) in [5.41, 5.74) is 0.884. The third-order valence-electron chi connectivity index (χ3n) is 4.55. The Bertz CT molecular complexity index is 822. The maximum atomic E-state index is 11.8. The number of nitrogens with one attached hydrogen (secondary N) is 1. The highest BCUT2D eigenvalue weighted by atomic mass is 16.5. The summed E-state index contributed by atoms with van der Waals surface area (Å²) in [5, 5.41) is 5.00. The molecule has 3 rings (SSSR count). The van der Waals surface area contributed by atoms with Crippen LogP contribution in [0.25, 0.3) is 16.8 Å². The van der Waals surface area contributed by atoms with Crippen molar-refractivity contribution in [2.75, 3.05) is 13.7 Å². The van der Waals surface area contributed by atoms with Gasteiger partial charge in [0.05, 0.1) is 7.11 Å². The molecule has 0 spiro atoms. The van der Waals surface area contributed by atoms with Crippen molar-refractivity contribution in [3.8, 4) is 5.75 Å². The van der Waals surface area contributed by atoms with Crippen LogP contribution in [-0.4, -0.2) is 31.6 Å². The normalized spacial score (nSPS) is 14.7. The fourth-order valence-corrected chi connectivity index (χ4v) is 3.16. The Labute approximate surface area is 153 Å². The van der Waals surface area contributed by atoms with E-state index < -0.39 is 5.97 Å². The Kier molecular flexibility index (Phi) is 5.89. The minimum absolute atomic E-state index is 0.230. The molecule has 1 fully saturated rings. The van der Waals surface area contributed by atoms with Gasteiger partial charge in [0.25, 0.3) is 5.91 Å².